The van der Waals surface area contributed by atoms with E-state index in [-0.39, 0.29) is 0 Å². The van der Waals surface area contributed by atoms with Gasteiger partial charge in [-0.1, -0.05) is 58.5 Å². The molecule has 2 aromatic rings. The van der Waals surface area contributed by atoms with Crippen molar-refractivity contribution < 1.29 is 0 Å². The summed E-state index contributed by atoms with van der Waals surface area (Å²) in [4.78, 5) is 0. The summed E-state index contributed by atoms with van der Waals surface area (Å²) in [6.45, 7) is 1.78. The molecule has 0 aliphatic heterocycles. The van der Waals surface area contributed by atoms with E-state index in [0.717, 1.165) is 25.9 Å². The average Bonchev–Trinajstić information content (AvgIpc) is 2.46. The Hall–Kier alpha value is -0.440. The molecule has 0 aliphatic carbocycles. The molecular weight excluding hydrogens is 348 g/mol. The molecule has 0 atom stereocenters. The minimum absolute atomic E-state index is 0.591. The molecule has 0 spiro atoms. The van der Waals surface area contributed by atoms with Crippen LogP contribution in [0.5, 0.6) is 0 Å². The Morgan fingerprint density at radius 1 is 0.619 bits per heavy atom. The third-order valence-electron chi connectivity index (χ3n) is 3.15. The number of rotatable bonds is 6. The summed E-state index contributed by atoms with van der Waals surface area (Å²) < 4.78 is 0. The molecular formula is C16H15Cl4N. The molecule has 0 saturated heterocycles. The Bertz CT molecular complexity index is 560. The van der Waals surface area contributed by atoms with Crippen LogP contribution >= 0.6 is 46.4 Å². The number of nitrogens with one attached hydrogen (secondary N) is 1. The van der Waals surface area contributed by atoms with Crippen LogP contribution in [-0.2, 0) is 12.8 Å². The maximum absolute atomic E-state index is 5.99. The molecule has 1 nitrogen and oxygen atoms in total. The maximum Gasteiger partial charge on any atom is 0.0595 e. The zero-order valence-corrected chi connectivity index (χ0v) is 14.3. The van der Waals surface area contributed by atoms with Gasteiger partial charge in [-0.05, 0) is 61.3 Å². The smallest absolute Gasteiger partial charge is 0.0595 e. The SMILES string of the molecule is Clc1ccc(CCNCCc2ccc(Cl)c(Cl)c2)cc1Cl. The molecule has 21 heavy (non-hydrogen) atoms. The first-order chi connectivity index (χ1) is 10.1. The first-order valence-electron chi connectivity index (χ1n) is 6.65. The summed E-state index contributed by atoms with van der Waals surface area (Å²) in [6, 6.07) is 11.5. The van der Waals surface area contributed by atoms with E-state index < -0.39 is 0 Å². The lowest BCUT2D eigenvalue weighted by Gasteiger charge is -2.07. The van der Waals surface area contributed by atoms with E-state index in [9.17, 15) is 0 Å². The van der Waals surface area contributed by atoms with Gasteiger partial charge in [-0.2, -0.15) is 0 Å². The standard InChI is InChI=1S/C16H15Cl4N/c17-13-3-1-11(9-15(13)19)5-7-21-8-6-12-2-4-14(18)16(20)10-12/h1-4,9-10,21H,5-8H2. The second-order valence-electron chi connectivity index (χ2n) is 4.75. The fraction of sp³-hybridized carbons (Fsp3) is 0.250. The molecule has 2 rings (SSSR count). The molecule has 0 unspecified atom stereocenters. The Labute approximate surface area is 145 Å². The second-order valence-corrected chi connectivity index (χ2v) is 6.38. The van der Waals surface area contributed by atoms with Crippen LogP contribution in [0.4, 0.5) is 0 Å². The van der Waals surface area contributed by atoms with Gasteiger partial charge in [0.2, 0.25) is 0 Å². The quantitative estimate of drug-likeness (QED) is 0.652. The predicted molar refractivity (Wildman–Crippen MR) is 93.2 cm³/mol. The Kier molecular flexibility index (Phi) is 6.66. The number of halogens is 4. The van der Waals surface area contributed by atoms with Crippen LogP contribution in [0.15, 0.2) is 36.4 Å². The highest BCUT2D eigenvalue weighted by Gasteiger charge is 2.01. The van der Waals surface area contributed by atoms with Crippen molar-refractivity contribution in [2.75, 3.05) is 13.1 Å². The van der Waals surface area contributed by atoms with E-state index in [0.29, 0.717) is 20.1 Å². The van der Waals surface area contributed by atoms with Gasteiger partial charge >= 0.3 is 0 Å². The van der Waals surface area contributed by atoms with Crippen molar-refractivity contribution in [1.82, 2.24) is 5.32 Å². The van der Waals surface area contributed by atoms with E-state index >= 15 is 0 Å². The summed E-state index contributed by atoms with van der Waals surface area (Å²) in [7, 11) is 0. The van der Waals surface area contributed by atoms with Crippen LogP contribution in [0.2, 0.25) is 20.1 Å². The summed E-state index contributed by atoms with van der Waals surface area (Å²) in [5.41, 5.74) is 2.35. The molecule has 1 N–H and O–H groups in total. The summed E-state index contributed by atoms with van der Waals surface area (Å²) in [5, 5.41) is 5.78. The Morgan fingerprint density at radius 2 is 1.05 bits per heavy atom. The molecule has 0 bridgehead atoms. The number of hydrogen-bond donors (Lipinski definition) is 1. The largest absolute Gasteiger partial charge is 0.316 e. The third kappa shape index (κ3) is 5.36. The highest BCUT2D eigenvalue weighted by atomic mass is 35.5. The van der Waals surface area contributed by atoms with Gasteiger partial charge in [0.25, 0.3) is 0 Å². The van der Waals surface area contributed by atoms with Crippen LogP contribution in [0.25, 0.3) is 0 Å². The Morgan fingerprint density at radius 3 is 1.43 bits per heavy atom. The van der Waals surface area contributed by atoms with E-state index in [4.69, 9.17) is 46.4 Å². The Balaban J connectivity index is 1.72. The molecule has 112 valence electrons. The van der Waals surface area contributed by atoms with Crippen molar-refractivity contribution in [2.45, 2.75) is 12.8 Å². The van der Waals surface area contributed by atoms with Crippen LogP contribution in [0, 0.1) is 0 Å². The van der Waals surface area contributed by atoms with Crippen LogP contribution in [0.1, 0.15) is 11.1 Å². The zero-order chi connectivity index (χ0) is 15.2. The van der Waals surface area contributed by atoms with Crippen LogP contribution < -0.4 is 5.32 Å². The highest BCUT2D eigenvalue weighted by Crippen LogP contribution is 2.23. The lowest BCUT2D eigenvalue weighted by Crippen LogP contribution is -2.20. The van der Waals surface area contributed by atoms with Crippen molar-refractivity contribution in [3.05, 3.63) is 67.6 Å². The van der Waals surface area contributed by atoms with Crippen molar-refractivity contribution >= 4 is 46.4 Å². The predicted octanol–water partition coefficient (Wildman–Crippen LogP) is 5.68. The second kappa shape index (κ2) is 8.26. The highest BCUT2D eigenvalue weighted by molar-refractivity contribution is 6.42. The first kappa shape index (κ1) is 16.9. The lowest BCUT2D eigenvalue weighted by molar-refractivity contribution is 0.682. The van der Waals surface area contributed by atoms with Gasteiger partial charge in [0.1, 0.15) is 0 Å². The van der Waals surface area contributed by atoms with E-state index in [1.54, 1.807) is 0 Å². The molecule has 2 aromatic carbocycles. The average molecular weight is 363 g/mol. The fourth-order valence-electron chi connectivity index (χ4n) is 1.98. The minimum atomic E-state index is 0.591. The van der Waals surface area contributed by atoms with Gasteiger partial charge in [0, 0.05) is 0 Å². The van der Waals surface area contributed by atoms with Crippen LogP contribution in [0.3, 0.4) is 0 Å². The van der Waals surface area contributed by atoms with E-state index in [2.05, 4.69) is 5.32 Å². The molecule has 0 saturated carbocycles. The zero-order valence-electron chi connectivity index (χ0n) is 11.3. The monoisotopic (exact) mass is 361 g/mol. The molecule has 0 aliphatic rings. The van der Waals surface area contributed by atoms with Crippen molar-refractivity contribution in [2.24, 2.45) is 0 Å². The van der Waals surface area contributed by atoms with Crippen molar-refractivity contribution in [3.8, 4) is 0 Å². The minimum Gasteiger partial charge on any atom is -0.316 e. The first-order valence-corrected chi connectivity index (χ1v) is 8.16. The fourth-order valence-corrected chi connectivity index (χ4v) is 2.62. The van der Waals surface area contributed by atoms with E-state index in [1.807, 2.05) is 36.4 Å². The van der Waals surface area contributed by atoms with Gasteiger partial charge in [0.05, 0.1) is 20.1 Å². The normalized spacial score (nSPS) is 10.9. The maximum atomic E-state index is 5.99. The topological polar surface area (TPSA) is 12.0 Å². The van der Waals surface area contributed by atoms with Crippen molar-refractivity contribution in [1.29, 1.82) is 0 Å². The molecule has 0 amide bonds. The van der Waals surface area contributed by atoms with Crippen LogP contribution in [-0.4, -0.2) is 13.1 Å². The van der Waals surface area contributed by atoms with Crippen molar-refractivity contribution in [3.63, 3.8) is 0 Å². The van der Waals surface area contributed by atoms with Gasteiger partial charge in [-0.3, -0.25) is 0 Å². The number of hydrogen-bond acceptors (Lipinski definition) is 1. The van der Waals surface area contributed by atoms with Gasteiger partial charge in [-0.25, -0.2) is 0 Å². The molecule has 5 heteroatoms. The lowest BCUT2D eigenvalue weighted by atomic mass is 10.1. The van der Waals surface area contributed by atoms with E-state index in [1.165, 1.54) is 11.1 Å². The summed E-state index contributed by atoms with van der Waals surface area (Å²) >= 11 is 23.7. The molecule has 0 aromatic heterocycles. The summed E-state index contributed by atoms with van der Waals surface area (Å²) in [5.74, 6) is 0. The molecule has 0 heterocycles. The number of benzene rings is 2. The molecule has 0 radical (unpaired) electrons. The third-order valence-corrected chi connectivity index (χ3v) is 4.63. The van der Waals surface area contributed by atoms with Gasteiger partial charge < -0.3 is 5.32 Å². The molecule has 0 fully saturated rings. The van der Waals surface area contributed by atoms with Gasteiger partial charge in [0.15, 0.2) is 0 Å². The van der Waals surface area contributed by atoms with Gasteiger partial charge in [-0.15, -0.1) is 0 Å². The summed E-state index contributed by atoms with van der Waals surface area (Å²) in [6.07, 6.45) is 1.83.